The Balaban J connectivity index is 1.31. The van der Waals surface area contributed by atoms with Crippen LogP contribution in [0.1, 0.15) is 35.8 Å². The van der Waals surface area contributed by atoms with Gasteiger partial charge in [-0.2, -0.15) is 5.10 Å². The molecule has 142 valence electrons. The SMILES string of the molecule is Cc1cccc2[nH]c(CCNC(=O)Cn3nccc3C3CCCNC3)nc12. The van der Waals surface area contributed by atoms with Crippen LogP contribution in [0, 0.1) is 6.92 Å². The van der Waals surface area contributed by atoms with Crippen molar-refractivity contribution in [1.82, 2.24) is 30.4 Å². The molecular weight excluding hydrogens is 340 g/mol. The lowest BCUT2D eigenvalue weighted by atomic mass is 9.96. The first-order valence-corrected chi connectivity index (χ1v) is 9.64. The van der Waals surface area contributed by atoms with Crippen LogP contribution in [0.2, 0.25) is 0 Å². The number of carbonyl (C=O) groups is 1. The normalized spacial score (nSPS) is 17.3. The average molecular weight is 366 g/mol. The van der Waals surface area contributed by atoms with Crippen molar-refractivity contribution in [2.24, 2.45) is 0 Å². The number of hydrogen-bond donors (Lipinski definition) is 3. The fourth-order valence-electron chi connectivity index (χ4n) is 3.78. The van der Waals surface area contributed by atoms with E-state index in [1.54, 1.807) is 6.20 Å². The van der Waals surface area contributed by atoms with Gasteiger partial charge in [0.15, 0.2) is 0 Å². The molecule has 3 heterocycles. The van der Waals surface area contributed by atoms with Gasteiger partial charge in [-0.1, -0.05) is 12.1 Å². The highest BCUT2D eigenvalue weighted by atomic mass is 16.2. The maximum absolute atomic E-state index is 12.3. The van der Waals surface area contributed by atoms with Crippen LogP contribution < -0.4 is 10.6 Å². The van der Waals surface area contributed by atoms with E-state index in [0.717, 1.165) is 47.6 Å². The number of carbonyl (C=O) groups excluding carboxylic acids is 1. The van der Waals surface area contributed by atoms with E-state index in [1.807, 2.05) is 22.9 Å². The molecule has 1 aliphatic heterocycles. The third-order valence-electron chi connectivity index (χ3n) is 5.21. The van der Waals surface area contributed by atoms with Crippen molar-refractivity contribution in [3.63, 3.8) is 0 Å². The number of H-pyrrole nitrogens is 1. The second-order valence-corrected chi connectivity index (χ2v) is 7.21. The number of aryl methyl sites for hydroxylation is 1. The van der Waals surface area contributed by atoms with Gasteiger partial charge in [0.1, 0.15) is 12.4 Å². The molecule has 7 nitrogen and oxygen atoms in total. The van der Waals surface area contributed by atoms with Crippen LogP contribution in [0.3, 0.4) is 0 Å². The molecule has 1 amide bonds. The summed E-state index contributed by atoms with van der Waals surface area (Å²) in [5.74, 6) is 1.32. The predicted molar refractivity (Wildman–Crippen MR) is 105 cm³/mol. The summed E-state index contributed by atoms with van der Waals surface area (Å²) in [6, 6.07) is 8.13. The van der Waals surface area contributed by atoms with Gasteiger partial charge >= 0.3 is 0 Å². The summed E-state index contributed by atoms with van der Waals surface area (Å²) in [4.78, 5) is 20.3. The molecule has 1 unspecified atom stereocenters. The zero-order chi connectivity index (χ0) is 18.6. The number of nitrogens with zero attached hydrogens (tertiary/aromatic N) is 3. The van der Waals surface area contributed by atoms with Gasteiger partial charge in [0.05, 0.1) is 11.0 Å². The summed E-state index contributed by atoms with van der Waals surface area (Å²) in [6.07, 6.45) is 4.77. The van der Waals surface area contributed by atoms with E-state index in [4.69, 9.17) is 0 Å². The Labute approximate surface area is 158 Å². The number of rotatable bonds is 6. The van der Waals surface area contributed by atoms with Crippen molar-refractivity contribution in [1.29, 1.82) is 0 Å². The quantitative estimate of drug-likeness (QED) is 0.622. The predicted octanol–water partition coefficient (Wildman–Crippen LogP) is 1.89. The standard InChI is InChI=1S/C20H26N6O/c1-14-4-2-6-16-20(14)25-18(24-16)8-10-22-19(27)13-26-17(7-11-23-26)15-5-3-9-21-12-15/h2,4,6-7,11,15,21H,3,5,8-10,12-13H2,1H3,(H,22,27)(H,24,25). The van der Waals surface area contributed by atoms with Crippen molar-refractivity contribution < 1.29 is 4.79 Å². The molecule has 3 aromatic rings. The lowest BCUT2D eigenvalue weighted by Gasteiger charge is -2.23. The summed E-state index contributed by atoms with van der Waals surface area (Å²) < 4.78 is 1.83. The van der Waals surface area contributed by atoms with E-state index in [2.05, 4.69) is 38.7 Å². The van der Waals surface area contributed by atoms with Gasteiger partial charge in [-0.3, -0.25) is 9.48 Å². The van der Waals surface area contributed by atoms with Crippen LogP contribution in [0.4, 0.5) is 0 Å². The van der Waals surface area contributed by atoms with Crippen molar-refractivity contribution in [2.75, 3.05) is 19.6 Å². The Kier molecular flexibility index (Phi) is 5.20. The molecule has 3 N–H and O–H groups in total. The molecule has 1 fully saturated rings. The molecule has 0 radical (unpaired) electrons. The van der Waals surface area contributed by atoms with Crippen LogP contribution in [-0.4, -0.2) is 45.3 Å². The van der Waals surface area contributed by atoms with E-state index >= 15 is 0 Å². The largest absolute Gasteiger partial charge is 0.354 e. The van der Waals surface area contributed by atoms with Crippen LogP contribution >= 0.6 is 0 Å². The Morgan fingerprint density at radius 2 is 2.30 bits per heavy atom. The average Bonchev–Trinajstić information content (AvgIpc) is 3.30. The molecule has 1 aliphatic rings. The number of amides is 1. The number of fused-ring (bicyclic) bond motifs is 1. The maximum atomic E-state index is 12.3. The van der Waals surface area contributed by atoms with E-state index < -0.39 is 0 Å². The number of nitrogens with one attached hydrogen (secondary N) is 3. The monoisotopic (exact) mass is 366 g/mol. The summed E-state index contributed by atoms with van der Waals surface area (Å²) in [5, 5.41) is 10.7. The van der Waals surface area contributed by atoms with Gasteiger partial charge in [-0.25, -0.2) is 4.98 Å². The smallest absolute Gasteiger partial charge is 0.241 e. The molecule has 1 aromatic carbocycles. The molecule has 7 heteroatoms. The van der Waals surface area contributed by atoms with Crippen molar-refractivity contribution >= 4 is 16.9 Å². The molecule has 0 aliphatic carbocycles. The molecular formula is C20H26N6O. The molecule has 0 bridgehead atoms. The lowest BCUT2D eigenvalue weighted by molar-refractivity contribution is -0.121. The number of hydrogen-bond acceptors (Lipinski definition) is 4. The molecule has 0 saturated carbocycles. The zero-order valence-electron chi connectivity index (χ0n) is 15.7. The van der Waals surface area contributed by atoms with Gasteiger partial charge in [-0.15, -0.1) is 0 Å². The van der Waals surface area contributed by atoms with Crippen LogP contribution in [0.25, 0.3) is 11.0 Å². The van der Waals surface area contributed by atoms with Crippen LogP contribution in [0.5, 0.6) is 0 Å². The molecule has 27 heavy (non-hydrogen) atoms. The van der Waals surface area contributed by atoms with Crippen molar-refractivity contribution in [3.8, 4) is 0 Å². The minimum absolute atomic E-state index is 0.0176. The highest BCUT2D eigenvalue weighted by Gasteiger charge is 2.19. The van der Waals surface area contributed by atoms with Crippen LogP contribution in [0.15, 0.2) is 30.5 Å². The third kappa shape index (κ3) is 4.03. The van der Waals surface area contributed by atoms with Gasteiger partial charge in [0.25, 0.3) is 0 Å². The van der Waals surface area contributed by atoms with Crippen LogP contribution in [-0.2, 0) is 17.8 Å². The first-order chi connectivity index (χ1) is 13.2. The third-order valence-corrected chi connectivity index (χ3v) is 5.21. The topological polar surface area (TPSA) is 87.6 Å². The molecule has 1 saturated heterocycles. The fourth-order valence-corrected chi connectivity index (χ4v) is 3.78. The van der Waals surface area contributed by atoms with Gasteiger partial charge in [-0.05, 0) is 44.0 Å². The van der Waals surface area contributed by atoms with Crippen molar-refractivity contribution in [3.05, 3.63) is 47.5 Å². The number of para-hydroxylation sites is 1. The van der Waals surface area contributed by atoms with E-state index in [1.165, 1.54) is 6.42 Å². The first kappa shape index (κ1) is 17.7. The minimum atomic E-state index is -0.0176. The summed E-state index contributed by atoms with van der Waals surface area (Å²) >= 11 is 0. The number of piperidine rings is 1. The summed E-state index contributed by atoms with van der Waals surface area (Å²) in [5.41, 5.74) is 4.34. The maximum Gasteiger partial charge on any atom is 0.241 e. The van der Waals surface area contributed by atoms with Crippen molar-refractivity contribution in [2.45, 2.75) is 38.6 Å². The molecule has 2 aromatic heterocycles. The number of imidazole rings is 1. The van der Waals surface area contributed by atoms with Gasteiger partial charge in [0, 0.05) is 37.3 Å². The summed E-state index contributed by atoms with van der Waals surface area (Å²) in [7, 11) is 0. The minimum Gasteiger partial charge on any atom is -0.354 e. The van der Waals surface area contributed by atoms with Gasteiger partial charge in [0.2, 0.25) is 5.91 Å². The molecule has 4 rings (SSSR count). The lowest BCUT2D eigenvalue weighted by Crippen LogP contribution is -2.33. The second-order valence-electron chi connectivity index (χ2n) is 7.21. The van der Waals surface area contributed by atoms with E-state index in [0.29, 0.717) is 18.9 Å². The van der Waals surface area contributed by atoms with E-state index in [9.17, 15) is 4.79 Å². The summed E-state index contributed by atoms with van der Waals surface area (Å²) in [6.45, 7) is 4.90. The highest BCUT2D eigenvalue weighted by Crippen LogP contribution is 2.22. The number of aromatic nitrogens is 4. The fraction of sp³-hybridized carbons (Fsp3) is 0.450. The Hall–Kier alpha value is -2.67. The molecule has 0 spiro atoms. The van der Waals surface area contributed by atoms with Gasteiger partial charge < -0.3 is 15.6 Å². The second kappa shape index (κ2) is 7.92. The zero-order valence-corrected chi connectivity index (χ0v) is 15.7. The molecule has 1 atom stereocenters. The number of benzene rings is 1. The Morgan fingerprint density at radius 1 is 1.37 bits per heavy atom. The Morgan fingerprint density at radius 3 is 3.11 bits per heavy atom. The highest BCUT2D eigenvalue weighted by molar-refractivity contribution is 5.78. The first-order valence-electron chi connectivity index (χ1n) is 9.64. The Bertz CT molecular complexity index is 922. The van der Waals surface area contributed by atoms with E-state index in [-0.39, 0.29) is 12.5 Å². The number of aromatic amines is 1.